The molecule has 0 spiro atoms. The van der Waals surface area contributed by atoms with Crippen LogP contribution in [0.1, 0.15) is 12.5 Å². The van der Waals surface area contributed by atoms with Crippen LogP contribution in [0.4, 0.5) is 0 Å². The number of rotatable bonds is 3. The zero-order valence-corrected chi connectivity index (χ0v) is 12.8. The van der Waals surface area contributed by atoms with Crippen LogP contribution in [0, 0.1) is 0 Å². The van der Waals surface area contributed by atoms with E-state index in [4.69, 9.17) is 4.74 Å². The topological polar surface area (TPSA) is 43.4 Å². The highest BCUT2D eigenvalue weighted by Crippen LogP contribution is 2.20. The van der Waals surface area contributed by atoms with Crippen molar-refractivity contribution in [1.29, 1.82) is 0 Å². The summed E-state index contributed by atoms with van der Waals surface area (Å²) in [6.45, 7) is 5.45. The molecule has 23 heavy (non-hydrogen) atoms. The average Bonchev–Trinajstić information content (AvgIpc) is 2.70. The molecular weight excluding hydrogens is 288 g/mol. The molecule has 0 fully saturated rings. The fourth-order valence-electron chi connectivity index (χ4n) is 2.57. The third-order valence-electron chi connectivity index (χ3n) is 3.80. The van der Waals surface area contributed by atoms with Gasteiger partial charge in [-0.25, -0.2) is 0 Å². The largest absolute Gasteiger partial charge is 0.461 e. The molecule has 0 bridgehead atoms. The number of hydrogen-bond donors (Lipinski definition) is 0. The third-order valence-corrected chi connectivity index (χ3v) is 3.80. The predicted molar refractivity (Wildman–Crippen MR) is 93.4 cm³/mol. The van der Waals surface area contributed by atoms with E-state index in [1.54, 1.807) is 6.07 Å². The van der Waals surface area contributed by atoms with Crippen molar-refractivity contribution < 1.29 is 9.53 Å². The summed E-state index contributed by atoms with van der Waals surface area (Å²) in [6, 6.07) is 17.0. The lowest BCUT2D eigenvalue weighted by Gasteiger charge is -2.06. The molecular formula is C20H16O3. The molecule has 0 saturated heterocycles. The summed E-state index contributed by atoms with van der Waals surface area (Å²) >= 11 is 0. The maximum Gasteiger partial charge on any atom is 0.302 e. The molecule has 0 unspecified atom stereocenters. The van der Waals surface area contributed by atoms with Crippen LogP contribution in [-0.2, 0) is 9.53 Å². The molecule has 0 aliphatic heterocycles. The Hall–Kier alpha value is -2.94. The van der Waals surface area contributed by atoms with Gasteiger partial charge in [-0.3, -0.25) is 9.59 Å². The van der Waals surface area contributed by atoms with Gasteiger partial charge in [0.1, 0.15) is 6.61 Å². The van der Waals surface area contributed by atoms with Gasteiger partial charge in [-0.15, -0.1) is 0 Å². The predicted octanol–water partition coefficient (Wildman–Crippen LogP) is 3.93. The highest BCUT2D eigenvalue weighted by atomic mass is 16.5. The number of carbonyl (C=O) groups is 1. The second-order valence-electron chi connectivity index (χ2n) is 5.44. The van der Waals surface area contributed by atoms with Crippen molar-refractivity contribution >= 4 is 33.1 Å². The van der Waals surface area contributed by atoms with E-state index in [9.17, 15) is 9.59 Å². The molecule has 0 saturated carbocycles. The van der Waals surface area contributed by atoms with Crippen LogP contribution in [0.15, 0.2) is 66.0 Å². The van der Waals surface area contributed by atoms with Gasteiger partial charge >= 0.3 is 5.97 Å². The Balaban J connectivity index is 2.14. The summed E-state index contributed by atoms with van der Waals surface area (Å²) in [5, 5.41) is 3.12. The summed E-state index contributed by atoms with van der Waals surface area (Å²) in [6.07, 6.45) is 0. The van der Waals surface area contributed by atoms with Gasteiger partial charge in [0.15, 0.2) is 5.43 Å². The molecule has 0 aromatic heterocycles. The summed E-state index contributed by atoms with van der Waals surface area (Å²) in [7, 11) is 0. The van der Waals surface area contributed by atoms with Gasteiger partial charge in [-0.05, 0) is 34.0 Å². The number of ether oxygens (including phenoxy) is 1. The van der Waals surface area contributed by atoms with Gasteiger partial charge in [-0.1, -0.05) is 49.0 Å². The second-order valence-corrected chi connectivity index (χ2v) is 5.44. The Morgan fingerprint density at radius 2 is 1.70 bits per heavy atom. The first kappa shape index (κ1) is 15.0. The third kappa shape index (κ3) is 2.99. The van der Waals surface area contributed by atoms with E-state index in [-0.39, 0.29) is 18.0 Å². The first-order valence-corrected chi connectivity index (χ1v) is 7.33. The molecule has 3 nitrogen and oxygen atoms in total. The first-order valence-electron chi connectivity index (χ1n) is 7.33. The molecule has 0 amide bonds. The normalized spacial score (nSPS) is 10.7. The molecule has 3 aromatic carbocycles. The summed E-state index contributed by atoms with van der Waals surface area (Å²) in [4.78, 5) is 23.6. The van der Waals surface area contributed by atoms with Crippen LogP contribution in [0.2, 0.25) is 0 Å². The average molecular weight is 304 g/mol. The lowest BCUT2D eigenvalue weighted by molar-refractivity contribution is -0.139. The fraction of sp³-hybridized carbons (Fsp3) is 0.100. The highest BCUT2D eigenvalue weighted by Gasteiger charge is 2.06. The van der Waals surface area contributed by atoms with Gasteiger partial charge in [-0.2, -0.15) is 0 Å². The maximum absolute atomic E-state index is 12.7. The van der Waals surface area contributed by atoms with Crippen LogP contribution >= 0.6 is 0 Å². The first-order chi connectivity index (χ1) is 11.1. The Morgan fingerprint density at radius 3 is 2.48 bits per heavy atom. The van der Waals surface area contributed by atoms with Crippen molar-refractivity contribution in [2.45, 2.75) is 6.92 Å². The molecule has 0 N–H and O–H groups in total. The number of esters is 1. The van der Waals surface area contributed by atoms with Gasteiger partial charge in [0, 0.05) is 17.7 Å². The van der Waals surface area contributed by atoms with Crippen molar-refractivity contribution in [2.75, 3.05) is 6.61 Å². The maximum atomic E-state index is 12.7. The standard InChI is InChI=1S/C20H16O3/c1-13(12-23-14(2)21)16-9-10-19-17(11-16)8-7-15-5-3-4-6-18(15)20(19)22/h3-11H,1,12H2,2H3. The monoisotopic (exact) mass is 304 g/mol. The molecule has 0 heterocycles. The molecule has 3 rings (SSSR count). The molecule has 0 aliphatic rings. The van der Waals surface area contributed by atoms with E-state index < -0.39 is 0 Å². The van der Waals surface area contributed by atoms with Gasteiger partial charge in [0.25, 0.3) is 0 Å². The Morgan fingerprint density at radius 1 is 1.00 bits per heavy atom. The summed E-state index contributed by atoms with van der Waals surface area (Å²) < 4.78 is 4.98. The highest BCUT2D eigenvalue weighted by molar-refractivity contribution is 5.94. The minimum atomic E-state index is -0.341. The molecule has 0 atom stereocenters. The van der Waals surface area contributed by atoms with Gasteiger partial charge in [0.2, 0.25) is 0 Å². The van der Waals surface area contributed by atoms with Crippen molar-refractivity contribution in [3.05, 3.63) is 77.0 Å². The molecule has 3 aromatic rings. The summed E-state index contributed by atoms with van der Waals surface area (Å²) in [5.74, 6) is -0.341. The van der Waals surface area contributed by atoms with Gasteiger partial charge in [0.05, 0.1) is 0 Å². The number of hydrogen-bond acceptors (Lipinski definition) is 3. The van der Waals surface area contributed by atoms with E-state index in [0.717, 1.165) is 16.3 Å². The van der Waals surface area contributed by atoms with E-state index in [1.165, 1.54) is 6.92 Å². The minimum Gasteiger partial charge on any atom is -0.461 e. The number of carbonyl (C=O) groups excluding carboxylic acids is 1. The van der Waals surface area contributed by atoms with Crippen molar-refractivity contribution in [3.63, 3.8) is 0 Å². The van der Waals surface area contributed by atoms with Crippen LogP contribution in [0.3, 0.4) is 0 Å². The lowest BCUT2D eigenvalue weighted by Crippen LogP contribution is -2.02. The van der Waals surface area contributed by atoms with E-state index >= 15 is 0 Å². The molecule has 114 valence electrons. The molecule has 0 aliphatic carbocycles. The van der Waals surface area contributed by atoms with E-state index in [1.807, 2.05) is 48.5 Å². The Bertz CT molecular complexity index is 987. The Labute approximate surface area is 133 Å². The van der Waals surface area contributed by atoms with E-state index in [2.05, 4.69) is 6.58 Å². The van der Waals surface area contributed by atoms with Crippen molar-refractivity contribution in [1.82, 2.24) is 0 Å². The zero-order valence-electron chi connectivity index (χ0n) is 12.8. The quantitative estimate of drug-likeness (QED) is 0.689. The molecule has 0 radical (unpaired) electrons. The minimum absolute atomic E-state index is 0.0118. The van der Waals surface area contributed by atoms with Crippen LogP contribution in [0.25, 0.3) is 27.1 Å². The number of fused-ring (bicyclic) bond motifs is 2. The lowest BCUT2D eigenvalue weighted by atomic mass is 10.0. The Kier molecular flexibility index (Phi) is 3.94. The van der Waals surface area contributed by atoms with Crippen LogP contribution in [-0.4, -0.2) is 12.6 Å². The van der Waals surface area contributed by atoms with Crippen LogP contribution in [0.5, 0.6) is 0 Å². The van der Waals surface area contributed by atoms with Gasteiger partial charge < -0.3 is 4.74 Å². The summed E-state index contributed by atoms with van der Waals surface area (Å²) in [5.41, 5.74) is 1.57. The van der Waals surface area contributed by atoms with Crippen molar-refractivity contribution in [2.24, 2.45) is 0 Å². The zero-order chi connectivity index (χ0) is 16.4. The van der Waals surface area contributed by atoms with E-state index in [0.29, 0.717) is 16.3 Å². The second kappa shape index (κ2) is 6.05. The smallest absolute Gasteiger partial charge is 0.302 e. The van der Waals surface area contributed by atoms with Crippen molar-refractivity contribution in [3.8, 4) is 0 Å². The fourth-order valence-corrected chi connectivity index (χ4v) is 2.57. The number of benzene rings is 2. The SMILES string of the molecule is C=C(COC(C)=O)c1ccc2c(=O)c3ccccc3ccc2c1. The molecule has 3 heteroatoms. The van der Waals surface area contributed by atoms with Crippen LogP contribution < -0.4 is 5.43 Å².